The van der Waals surface area contributed by atoms with Gasteiger partial charge in [-0.1, -0.05) is 20.8 Å². The number of H-pyrrole nitrogens is 1. The molecular formula is C10H18N2O. The summed E-state index contributed by atoms with van der Waals surface area (Å²) in [6, 6.07) is 1.68. The highest BCUT2D eigenvalue weighted by Gasteiger charge is 2.01. The number of aromatic nitrogens is 2. The lowest BCUT2D eigenvalue weighted by Crippen LogP contribution is -2.16. The maximum atomic E-state index is 11.3. The topological polar surface area (TPSA) is 37.8 Å². The van der Waals surface area contributed by atoms with Crippen LogP contribution in [0.5, 0.6) is 0 Å². The number of rotatable bonds is 4. The van der Waals surface area contributed by atoms with Gasteiger partial charge in [0.05, 0.1) is 0 Å². The van der Waals surface area contributed by atoms with Gasteiger partial charge < -0.3 is 0 Å². The number of hydrogen-bond donors (Lipinski definition) is 1. The van der Waals surface area contributed by atoms with Crippen molar-refractivity contribution in [1.82, 2.24) is 9.78 Å². The van der Waals surface area contributed by atoms with Crippen LogP contribution in [0.15, 0.2) is 10.9 Å². The third-order valence-electron chi connectivity index (χ3n) is 2.15. The zero-order valence-electron chi connectivity index (χ0n) is 8.63. The number of hydrogen-bond acceptors (Lipinski definition) is 1. The fourth-order valence-electron chi connectivity index (χ4n) is 1.22. The summed E-state index contributed by atoms with van der Waals surface area (Å²) in [5.74, 6) is 0.639. The predicted molar refractivity (Wildman–Crippen MR) is 53.9 cm³/mol. The monoisotopic (exact) mass is 182 g/mol. The van der Waals surface area contributed by atoms with Gasteiger partial charge in [-0.15, -0.1) is 0 Å². The fourth-order valence-corrected chi connectivity index (χ4v) is 1.22. The van der Waals surface area contributed by atoms with Crippen LogP contribution in [0.4, 0.5) is 0 Å². The molecule has 1 aromatic heterocycles. The van der Waals surface area contributed by atoms with Crippen LogP contribution in [-0.2, 0) is 13.0 Å². The van der Waals surface area contributed by atoms with Gasteiger partial charge in [0.1, 0.15) is 0 Å². The second kappa shape index (κ2) is 4.30. The van der Waals surface area contributed by atoms with E-state index in [1.165, 1.54) is 0 Å². The van der Waals surface area contributed by atoms with Crippen LogP contribution >= 0.6 is 0 Å². The van der Waals surface area contributed by atoms with Crippen molar-refractivity contribution in [2.45, 2.75) is 40.2 Å². The molecule has 0 spiro atoms. The van der Waals surface area contributed by atoms with E-state index in [0.29, 0.717) is 5.92 Å². The smallest absolute Gasteiger partial charge is 0.266 e. The normalized spacial score (nSPS) is 11.1. The Hall–Kier alpha value is -0.990. The van der Waals surface area contributed by atoms with E-state index in [0.717, 1.165) is 25.1 Å². The van der Waals surface area contributed by atoms with Gasteiger partial charge in [-0.3, -0.25) is 14.6 Å². The largest absolute Gasteiger partial charge is 0.300 e. The van der Waals surface area contributed by atoms with Crippen molar-refractivity contribution in [1.29, 1.82) is 0 Å². The highest BCUT2D eigenvalue weighted by molar-refractivity contribution is 4.98. The van der Waals surface area contributed by atoms with E-state index in [4.69, 9.17) is 0 Å². The van der Waals surface area contributed by atoms with E-state index in [1.54, 1.807) is 10.7 Å². The second-order valence-electron chi connectivity index (χ2n) is 3.81. The van der Waals surface area contributed by atoms with Gasteiger partial charge in [0.2, 0.25) is 0 Å². The molecule has 3 heteroatoms. The molecule has 0 aliphatic rings. The molecule has 0 aliphatic carbocycles. The SMILES string of the molecule is CCc1cc(=O)n(CCC(C)C)[nH]1. The third kappa shape index (κ3) is 2.76. The van der Waals surface area contributed by atoms with Gasteiger partial charge in [-0.05, 0) is 18.8 Å². The molecule has 0 saturated carbocycles. The molecule has 1 aromatic rings. The lowest BCUT2D eigenvalue weighted by molar-refractivity contribution is 0.477. The molecule has 1 heterocycles. The van der Waals surface area contributed by atoms with Crippen molar-refractivity contribution in [3.05, 3.63) is 22.1 Å². The molecule has 0 amide bonds. The number of nitrogens with zero attached hydrogens (tertiary/aromatic N) is 1. The van der Waals surface area contributed by atoms with Crippen LogP contribution in [-0.4, -0.2) is 9.78 Å². The van der Waals surface area contributed by atoms with Crippen LogP contribution in [0.3, 0.4) is 0 Å². The quantitative estimate of drug-likeness (QED) is 0.757. The van der Waals surface area contributed by atoms with Crippen molar-refractivity contribution >= 4 is 0 Å². The zero-order valence-corrected chi connectivity index (χ0v) is 8.63. The first-order chi connectivity index (χ1) is 6.13. The Labute approximate surface area is 78.8 Å². The molecule has 0 bridgehead atoms. The van der Waals surface area contributed by atoms with Gasteiger partial charge in [0.25, 0.3) is 5.56 Å². The van der Waals surface area contributed by atoms with Crippen molar-refractivity contribution < 1.29 is 0 Å². The molecule has 0 fully saturated rings. The Morgan fingerprint density at radius 1 is 1.54 bits per heavy atom. The molecule has 0 saturated heterocycles. The summed E-state index contributed by atoms with van der Waals surface area (Å²) in [5.41, 5.74) is 1.12. The third-order valence-corrected chi connectivity index (χ3v) is 2.15. The predicted octanol–water partition coefficient (Wildman–Crippen LogP) is 1.78. The first-order valence-corrected chi connectivity index (χ1v) is 4.92. The molecule has 0 aliphatic heterocycles. The van der Waals surface area contributed by atoms with Gasteiger partial charge in [0, 0.05) is 18.3 Å². The van der Waals surface area contributed by atoms with E-state index in [9.17, 15) is 4.79 Å². The standard InChI is InChI=1S/C10H18N2O/c1-4-9-7-10(13)12(11-9)6-5-8(2)3/h7-8,11H,4-6H2,1-3H3. The summed E-state index contributed by atoms with van der Waals surface area (Å²) in [6.45, 7) is 7.16. The minimum absolute atomic E-state index is 0.0949. The molecule has 0 radical (unpaired) electrons. The Kier molecular flexibility index (Phi) is 3.34. The lowest BCUT2D eigenvalue weighted by Gasteiger charge is -2.04. The van der Waals surface area contributed by atoms with Crippen molar-refractivity contribution in [3.8, 4) is 0 Å². The van der Waals surface area contributed by atoms with E-state index < -0.39 is 0 Å². The number of aryl methyl sites for hydroxylation is 2. The zero-order chi connectivity index (χ0) is 9.84. The summed E-state index contributed by atoms with van der Waals surface area (Å²) in [6.07, 6.45) is 1.94. The maximum Gasteiger partial charge on any atom is 0.266 e. The van der Waals surface area contributed by atoms with Gasteiger partial charge >= 0.3 is 0 Å². The van der Waals surface area contributed by atoms with Crippen LogP contribution in [0.2, 0.25) is 0 Å². The highest BCUT2D eigenvalue weighted by Crippen LogP contribution is 2.00. The highest BCUT2D eigenvalue weighted by atomic mass is 16.1. The van der Waals surface area contributed by atoms with E-state index in [1.807, 2.05) is 6.92 Å². The molecule has 0 unspecified atom stereocenters. The van der Waals surface area contributed by atoms with Crippen molar-refractivity contribution in [3.63, 3.8) is 0 Å². The van der Waals surface area contributed by atoms with Crippen LogP contribution in [0.1, 0.15) is 32.9 Å². The van der Waals surface area contributed by atoms with E-state index >= 15 is 0 Å². The molecule has 13 heavy (non-hydrogen) atoms. The molecule has 3 nitrogen and oxygen atoms in total. The van der Waals surface area contributed by atoms with Crippen molar-refractivity contribution in [2.24, 2.45) is 5.92 Å². The van der Waals surface area contributed by atoms with Gasteiger partial charge in [-0.2, -0.15) is 0 Å². The molecule has 1 N–H and O–H groups in total. The molecule has 0 aromatic carbocycles. The molecule has 74 valence electrons. The Balaban J connectivity index is 2.66. The van der Waals surface area contributed by atoms with Crippen LogP contribution in [0.25, 0.3) is 0 Å². The second-order valence-corrected chi connectivity index (χ2v) is 3.81. The Morgan fingerprint density at radius 3 is 2.69 bits per heavy atom. The first kappa shape index (κ1) is 10.1. The fraction of sp³-hybridized carbons (Fsp3) is 0.700. The summed E-state index contributed by atoms with van der Waals surface area (Å²) >= 11 is 0. The lowest BCUT2D eigenvalue weighted by atomic mass is 10.1. The van der Waals surface area contributed by atoms with Gasteiger partial charge in [0.15, 0.2) is 0 Å². The number of nitrogens with one attached hydrogen (secondary N) is 1. The van der Waals surface area contributed by atoms with E-state index in [2.05, 4.69) is 18.9 Å². The first-order valence-electron chi connectivity index (χ1n) is 4.92. The van der Waals surface area contributed by atoms with Crippen LogP contribution < -0.4 is 5.56 Å². The van der Waals surface area contributed by atoms with Crippen LogP contribution in [0, 0.1) is 5.92 Å². The minimum atomic E-state index is 0.0949. The average molecular weight is 182 g/mol. The molecule has 0 atom stereocenters. The maximum absolute atomic E-state index is 11.3. The summed E-state index contributed by atoms with van der Waals surface area (Å²) in [7, 11) is 0. The summed E-state index contributed by atoms with van der Waals surface area (Å²) in [4.78, 5) is 11.3. The Bertz CT molecular complexity index is 309. The number of aromatic amines is 1. The summed E-state index contributed by atoms with van der Waals surface area (Å²) < 4.78 is 1.69. The molecule has 1 rings (SSSR count). The van der Waals surface area contributed by atoms with E-state index in [-0.39, 0.29) is 5.56 Å². The minimum Gasteiger partial charge on any atom is -0.300 e. The van der Waals surface area contributed by atoms with Gasteiger partial charge in [-0.25, -0.2) is 0 Å². The summed E-state index contributed by atoms with van der Waals surface area (Å²) in [5, 5.41) is 3.09. The Morgan fingerprint density at radius 2 is 2.23 bits per heavy atom. The molecular weight excluding hydrogens is 164 g/mol. The average Bonchev–Trinajstić information content (AvgIpc) is 2.43. The van der Waals surface area contributed by atoms with Crippen molar-refractivity contribution in [2.75, 3.05) is 0 Å².